The molecule has 6 aromatic carbocycles. The number of carbonyl (C=O) groups is 1. The minimum absolute atomic E-state index is 0.181. The van der Waals surface area contributed by atoms with Gasteiger partial charge in [-0.25, -0.2) is 14.3 Å². The normalized spacial score (nSPS) is 11.5. The summed E-state index contributed by atoms with van der Waals surface area (Å²) in [6.07, 6.45) is 1.51. The van der Waals surface area contributed by atoms with Crippen molar-refractivity contribution >= 4 is 16.9 Å². The van der Waals surface area contributed by atoms with E-state index in [0.29, 0.717) is 29.7 Å². The van der Waals surface area contributed by atoms with Crippen LogP contribution in [0.3, 0.4) is 0 Å². The molecule has 0 spiro atoms. The molecule has 57 heavy (non-hydrogen) atoms. The highest BCUT2D eigenvalue weighted by Gasteiger charge is 2.42. The predicted molar refractivity (Wildman–Crippen MR) is 221 cm³/mol. The topological polar surface area (TPSA) is 114 Å². The van der Waals surface area contributed by atoms with E-state index in [1.165, 1.54) is 11.7 Å². The van der Waals surface area contributed by atoms with Crippen LogP contribution in [0.25, 0.3) is 33.4 Å². The lowest BCUT2D eigenvalue weighted by Crippen LogP contribution is -2.40. The minimum atomic E-state index is -0.920. The van der Waals surface area contributed by atoms with E-state index in [1.54, 1.807) is 22.8 Å². The second-order valence-corrected chi connectivity index (χ2v) is 13.9. The summed E-state index contributed by atoms with van der Waals surface area (Å²) < 4.78 is 9.72. The van der Waals surface area contributed by atoms with Crippen molar-refractivity contribution in [2.45, 2.75) is 38.4 Å². The number of rotatable bonds is 12. The average molecular weight is 753 g/mol. The van der Waals surface area contributed by atoms with Crippen molar-refractivity contribution in [1.29, 1.82) is 0 Å². The fraction of sp³-hybridized carbons (Fsp3) is 0.149. The first-order chi connectivity index (χ1) is 27.9. The largest absolute Gasteiger partial charge is 0.465 e. The van der Waals surface area contributed by atoms with Crippen molar-refractivity contribution in [1.82, 2.24) is 29.3 Å². The molecule has 0 bridgehead atoms. The van der Waals surface area contributed by atoms with Crippen molar-refractivity contribution in [2.24, 2.45) is 0 Å². The van der Waals surface area contributed by atoms with Gasteiger partial charge >= 0.3 is 11.7 Å². The third-order valence-corrected chi connectivity index (χ3v) is 10.5. The van der Waals surface area contributed by atoms with Gasteiger partial charge in [0.25, 0.3) is 5.56 Å². The van der Waals surface area contributed by atoms with E-state index in [0.717, 1.165) is 45.4 Å². The number of hydrogen-bond donors (Lipinski definition) is 0. The highest BCUT2D eigenvalue weighted by atomic mass is 16.5. The van der Waals surface area contributed by atoms with E-state index in [9.17, 15) is 14.4 Å². The first-order valence-corrected chi connectivity index (χ1v) is 19.0. The van der Waals surface area contributed by atoms with Crippen molar-refractivity contribution in [3.05, 3.63) is 206 Å². The molecule has 10 nitrogen and oxygen atoms in total. The SMILES string of the molecule is CCCCn1c(=O)c2ccc(C(=O)OC)cc2n(Cc2ccc(-c3ccccc3-c3nnnn3C(c3ccccc3)(c3ccccc3)c3ccccc3)cc2)c1=O. The van der Waals surface area contributed by atoms with E-state index < -0.39 is 17.2 Å². The monoisotopic (exact) mass is 752 g/mol. The van der Waals surface area contributed by atoms with Crippen molar-refractivity contribution in [3.63, 3.8) is 0 Å². The first-order valence-electron chi connectivity index (χ1n) is 19.0. The van der Waals surface area contributed by atoms with Crippen LogP contribution in [0.1, 0.15) is 52.4 Å². The number of hydrogen-bond acceptors (Lipinski definition) is 7. The van der Waals surface area contributed by atoms with E-state index in [-0.39, 0.29) is 17.7 Å². The zero-order valence-corrected chi connectivity index (χ0v) is 31.7. The van der Waals surface area contributed by atoms with Crippen LogP contribution in [0.15, 0.2) is 167 Å². The molecule has 0 atom stereocenters. The summed E-state index contributed by atoms with van der Waals surface area (Å²) >= 11 is 0. The summed E-state index contributed by atoms with van der Waals surface area (Å²) in [6, 6.07) is 51.6. The number of fused-ring (bicyclic) bond motifs is 1. The number of tetrazole rings is 1. The van der Waals surface area contributed by atoms with Gasteiger partial charge < -0.3 is 4.74 Å². The number of unbranched alkanes of at least 4 members (excludes halogenated alkanes) is 1. The molecule has 0 unspecified atom stereocenters. The van der Waals surface area contributed by atoms with Crippen LogP contribution in [0.4, 0.5) is 0 Å². The van der Waals surface area contributed by atoms with Crippen LogP contribution in [-0.4, -0.2) is 42.4 Å². The fourth-order valence-corrected chi connectivity index (χ4v) is 7.72. The number of nitrogens with zero attached hydrogens (tertiary/aromatic N) is 6. The Morgan fingerprint density at radius 2 is 1.26 bits per heavy atom. The molecule has 8 rings (SSSR count). The average Bonchev–Trinajstić information content (AvgIpc) is 3.76. The third kappa shape index (κ3) is 6.65. The van der Waals surface area contributed by atoms with Crippen molar-refractivity contribution < 1.29 is 9.53 Å². The molecule has 0 saturated carbocycles. The second-order valence-electron chi connectivity index (χ2n) is 13.9. The number of esters is 1. The summed E-state index contributed by atoms with van der Waals surface area (Å²) in [4.78, 5) is 39.9. The Morgan fingerprint density at radius 3 is 1.84 bits per heavy atom. The van der Waals surface area contributed by atoms with Crippen LogP contribution < -0.4 is 11.2 Å². The highest BCUT2D eigenvalue weighted by Crippen LogP contribution is 2.43. The Labute approximate surface area is 329 Å². The van der Waals surface area contributed by atoms with E-state index >= 15 is 0 Å². The maximum atomic E-state index is 13.9. The van der Waals surface area contributed by atoms with Gasteiger partial charge in [0.15, 0.2) is 5.82 Å². The van der Waals surface area contributed by atoms with Gasteiger partial charge in [-0.05, 0) is 68.4 Å². The van der Waals surface area contributed by atoms with Gasteiger partial charge in [-0.3, -0.25) is 13.9 Å². The number of benzene rings is 6. The van der Waals surface area contributed by atoms with Crippen molar-refractivity contribution in [2.75, 3.05) is 7.11 Å². The summed E-state index contributed by atoms with van der Waals surface area (Å²) in [5.41, 5.74) is 5.43. The Morgan fingerprint density at radius 1 is 0.684 bits per heavy atom. The summed E-state index contributed by atoms with van der Waals surface area (Å²) in [5.74, 6) is 0.0358. The van der Waals surface area contributed by atoms with Crippen LogP contribution >= 0.6 is 0 Å². The maximum absolute atomic E-state index is 13.9. The van der Waals surface area contributed by atoms with E-state index in [2.05, 4.69) is 47.7 Å². The van der Waals surface area contributed by atoms with Crippen LogP contribution in [0, 0.1) is 0 Å². The van der Waals surface area contributed by atoms with Crippen LogP contribution in [-0.2, 0) is 23.4 Å². The van der Waals surface area contributed by atoms with Gasteiger partial charge in [0.2, 0.25) is 0 Å². The number of methoxy groups -OCH3 is 1. The minimum Gasteiger partial charge on any atom is -0.465 e. The molecule has 2 aromatic heterocycles. The van der Waals surface area contributed by atoms with Crippen LogP contribution in [0.2, 0.25) is 0 Å². The molecular weight excluding hydrogens is 713 g/mol. The molecule has 0 N–H and O–H groups in total. The smallest absolute Gasteiger partial charge is 0.337 e. The van der Waals surface area contributed by atoms with Gasteiger partial charge in [0, 0.05) is 12.1 Å². The Bertz CT molecular complexity index is 2700. The Hall–Kier alpha value is -7.20. The molecule has 8 aromatic rings. The molecule has 0 amide bonds. The van der Waals surface area contributed by atoms with Crippen LogP contribution in [0.5, 0.6) is 0 Å². The number of carbonyl (C=O) groups excluding carboxylic acids is 1. The molecule has 0 radical (unpaired) electrons. The predicted octanol–water partition coefficient (Wildman–Crippen LogP) is 7.96. The lowest BCUT2D eigenvalue weighted by Gasteiger charge is -2.36. The summed E-state index contributed by atoms with van der Waals surface area (Å²) in [7, 11) is 1.30. The summed E-state index contributed by atoms with van der Waals surface area (Å²) in [5, 5.41) is 14.1. The number of ether oxygens (including phenoxy) is 1. The second kappa shape index (κ2) is 15.9. The maximum Gasteiger partial charge on any atom is 0.337 e. The fourth-order valence-electron chi connectivity index (χ4n) is 7.72. The van der Waals surface area contributed by atoms with Gasteiger partial charge in [-0.2, -0.15) is 0 Å². The van der Waals surface area contributed by atoms with Gasteiger partial charge in [-0.1, -0.05) is 153 Å². The molecule has 282 valence electrons. The quantitative estimate of drug-likeness (QED) is 0.0920. The lowest BCUT2D eigenvalue weighted by molar-refractivity contribution is 0.0601. The molecule has 0 aliphatic carbocycles. The molecule has 0 aliphatic heterocycles. The molecule has 0 aliphatic rings. The molecule has 0 saturated heterocycles. The summed E-state index contributed by atoms with van der Waals surface area (Å²) in [6.45, 7) is 2.50. The van der Waals surface area contributed by atoms with Gasteiger partial charge in [-0.15, -0.1) is 5.10 Å². The van der Waals surface area contributed by atoms with E-state index in [1.807, 2.05) is 109 Å². The lowest BCUT2D eigenvalue weighted by atomic mass is 9.77. The Kier molecular flexibility index (Phi) is 10.2. The standard InChI is InChI=1S/C47H40N6O4/c1-3-4-30-51-44(54)41-29-28-35(45(55)57-2)31-42(41)52(46(51)56)32-33-24-26-34(27-25-33)39-22-14-15-23-40(39)43-48-49-50-53(43)47(36-16-8-5-9-17-36,37-18-10-6-11-19-37)38-20-12-7-13-21-38/h5-29,31H,3-4,30,32H2,1-2H3. The molecule has 0 fully saturated rings. The Balaban J connectivity index is 1.24. The van der Waals surface area contributed by atoms with Gasteiger partial charge in [0.1, 0.15) is 5.54 Å². The first kappa shape index (κ1) is 36.8. The third-order valence-electron chi connectivity index (χ3n) is 10.5. The zero-order chi connectivity index (χ0) is 39.4. The number of aromatic nitrogens is 6. The van der Waals surface area contributed by atoms with E-state index in [4.69, 9.17) is 15.0 Å². The molecule has 2 heterocycles. The molecular formula is C47H40N6O4. The van der Waals surface area contributed by atoms with Crippen molar-refractivity contribution in [3.8, 4) is 22.5 Å². The molecule has 10 heteroatoms. The van der Waals surface area contributed by atoms with Gasteiger partial charge in [0.05, 0.1) is 30.1 Å². The highest BCUT2D eigenvalue weighted by molar-refractivity contribution is 5.94. The zero-order valence-electron chi connectivity index (χ0n) is 31.7.